The second-order valence-corrected chi connectivity index (χ2v) is 3.56. The van der Waals surface area contributed by atoms with E-state index in [-0.39, 0.29) is 31.2 Å². The summed E-state index contributed by atoms with van der Waals surface area (Å²) in [4.78, 5) is 13.0. The van der Waals surface area contributed by atoms with Crippen LogP contribution in [0.15, 0.2) is 0 Å². The quantitative estimate of drug-likeness (QED) is 0.611. The highest BCUT2D eigenvalue weighted by Gasteiger charge is 2.27. The maximum Gasteiger partial charge on any atom is 0.308 e. The molecule has 1 heterocycles. The third-order valence-corrected chi connectivity index (χ3v) is 2.24. The van der Waals surface area contributed by atoms with Gasteiger partial charge in [-0.3, -0.25) is 4.79 Å². The normalized spacial score (nSPS) is 28.8. The fraction of sp³-hybridized carbons (Fsp3) is 0.889. The minimum atomic E-state index is -0.276. The summed E-state index contributed by atoms with van der Waals surface area (Å²) >= 11 is 0. The van der Waals surface area contributed by atoms with Gasteiger partial charge in [-0.1, -0.05) is 0 Å². The number of aliphatic hydroxyl groups excluding tert-OH is 1. The number of likely N-dealkylation sites (N-methyl/N-ethyl adjacent to an activating group) is 1. The van der Waals surface area contributed by atoms with E-state index in [2.05, 4.69) is 4.74 Å². The van der Waals surface area contributed by atoms with Crippen molar-refractivity contribution in [1.29, 1.82) is 0 Å². The Labute approximate surface area is 83.6 Å². The summed E-state index contributed by atoms with van der Waals surface area (Å²) in [6, 6.07) is 0. The number of morpholine rings is 1. The summed E-state index contributed by atoms with van der Waals surface area (Å²) in [7, 11) is 3.30. The Kier molecular flexibility index (Phi) is 4.31. The molecule has 1 rings (SSSR count). The highest BCUT2D eigenvalue weighted by atomic mass is 16.5. The molecule has 0 aromatic rings. The fourth-order valence-corrected chi connectivity index (χ4v) is 1.61. The Morgan fingerprint density at radius 1 is 1.57 bits per heavy atom. The van der Waals surface area contributed by atoms with E-state index in [1.54, 1.807) is 0 Å². The smallest absolute Gasteiger partial charge is 0.308 e. The van der Waals surface area contributed by atoms with Crippen LogP contribution in [0.25, 0.3) is 0 Å². The zero-order chi connectivity index (χ0) is 10.6. The van der Waals surface area contributed by atoms with Gasteiger partial charge in [-0.15, -0.1) is 0 Å². The van der Waals surface area contributed by atoms with E-state index in [9.17, 15) is 4.79 Å². The van der Waals surface area contributed by atoms with Crippen LogP contribution in [0.1, 0.15) is 6.42 Å². The standard InChI is InChI=1S/C9H17NO4/c1-10-4-7(3-9(12)13-2)14-8(5-10)6-11/h7-8,11H,3-6H2,1-2H3/t7-,8-/m1/s1. The van der Waals surface area contributed by atoms with Gasteiger partial charge in [-0.2, -0.15) is 0 Å². The van der Waals surface area contributed by atoms with E-state index in [1.807, 2.05) is 11.9 Å². The lowest BCUT2D eigenvalue weighted by Gasteiger charge is -2.34. The molecule has 5 heteroatoms. The van der Waals surface area contributed by atoms with Gasteiger partial charge in [0.25, 0.3) is 0 Å². The Hall–Kier alpha value is -0.650. The van der Waals surface area contributed by atoms with E-state index < -0.39 is 0 Å². The molecule has 0 saturated carbocycles. The first kappa shape index (κ1) is 11.4. The molecule has 1 fully saturated rings. The van der Waals surface area contributed by atoms with Crippen molar-refractivity contribution in [1.82, 2.24) is 4.90 Å². The second-order valence-electron chi connectivity index (χ2n) is 3.56. The summed E-state index contributed by atoms with van der Waals surface area (Å²) in [5.41, 5.74) is 0. The largest absolute Gasteiger partial charge is 0.469 e. The SMILES string of the molecule is COC(=O)C[C@@H]1CN(C)C[C@H](CO)O1. The maximum atomic E-state index is 11.0. The van der Waals surface area contributed by atoms with Crippen LogP contribution in [0.2, 0.25) is 0 Å². The first-order valence-electron chi connectivity index (χ1n) is 4.67. The molecule has 82 valence electrons. The van der Waals surface area contributed by atoms with E-state index in [4.69, 9.17) is 9.84 Å². The number of hydrogen-bond donors (Lipinski definition) is 1. The molecule has 1 aliphatic rings. The number of methoxy groups -OCH3 is 1. The van der Waals surface area contributed by atoms with Crippen LogP contribution in [0.5, 0.6) is 0 Å². The third kappa shape index (κ3) is 3.25. The molecule has 0 aromatic heterocycles. The molecule has 5 nitrogen and oxygen atoms in total. The summed E-state index contributed by atoms with van der Waals surface area (Å²) in [6.07, 6.45) is -0.112. The third-order valence-electron chi connectivity index (χ3n) is 2.24. The number of ether oxygens (including phenoxy) is 2. The fourth-order valence-electron chi connectivity index (χ4n) is 1.61. The van der Waals surface area contributed by atoms with Crippen LogP contribution < -0.4 is 0 Å². The first-order chi connectivity index (χ1) is 6.65. The van der Waals surface area contributed by atoms with E-state index in [1.165, 1.54) is 7.11 Å². The number of carbonyl (C=O) groups is 1. The predicted molar refractivity (Wildman–Crippen MR) is 49.9 cm³/mol. The van der Waals surface area contributed by atoms with Crippen molar-refractivity contribution in [2.45, 2.75) is 18.6 Å². The van der Waals surface area contributed by atoms with Gasteiger partial charge in [0, 0.05) is 13.1 Å². The van der Waals surface area contributed by atoms with Gasteiger partial charge in [-0.05, 0) is 7.05 Å². The van der Waals surface area contributed by atoms with Crippen LogP contribution >= 0.6 is 0 Å². The minimum absolute atomic E-state index is 0.0119. The average Bonchev–Trinajstić information content (AvgIpc) is 2.16. The van der Waals surface area contributed by atoms with Crippen molar-refractivity contribution in [2.24, 2.45) is 0 Å². The van der Waals surface area contributed by atoms with Gasteiger partial charge in [0.1, 0.15) is 0 Å². The average molecular weight is 203 g/mol. The Morgan fingerprint density at radius 3 is 2.79 bits per heavy atom. The Bertz CT molecular complexity index is 197. The van der Waals surface area contributed by atoms with E-state index >= 15 is 0 Å². The molecule has 1 aliphatic heterocycles. The minimum Gasteiger partial charge on any atom is -0.469 e. The summed E-state index contributed by atoms with van der Waals surface area (Å²) < 4.78 is 10.0. The molecule has 0 amide bonds. The lowest BCUT2D eigenvalue weighted by molar-refractivity contribution is -0.150. The van der Waals surface area contributed by atoms with Gasteiger partial charge < -0.3 is 19.5 Å². The molecule has 0 aliphatic carbocycles. The van der Waals surface area contributed by atoms with Crippen LogP contribution in [0.3, 0.4) is 0 Å². The molecule has 0 spiro atoms. The summed E-state index contributed by atoms with van der Waals surface area (Å²) in [6.45, 7) is 1.39. The van der Waals surface area contributed by atoms with Crippen LogP contribution in [0, 0.1) is 0 Å². The highest BCUT2D eigenvalue weighted by Crippen LogP contribution is 2.12. The molecule has 0 aromatic carbocycles. The molecule has 0 radical (unpaired) electrons. The Balaban J connectivity index is 2.40. The lowest BCUT2D eigenvalue weighted by Crippen LogP contribution is -2.47. The Morgan fingerprint density at radius 2 is 2.21 bits per heavy atom. The summed E-state index contributed by atoms with van der Waals surface area (Å²) in [5, 5.41) is 8.95. The molecular weight excluding hydrogens is 186 g/mol. The molecule has 2 atom stereocenters. The van der Waals surface area contributed by atoms with Crippen molar-refractivity contribution in [3.63, 3.8) is 0 Å². The van der Waals surface area contributed by atoms with Gasteiger partial charge in [0.15, 0.2) is 0 Å². The molecule has 14 heavy (non-hydrogen) atoms. The van der Waals surface area contributed by atoms with Crippen molar-refractivity contribution < 1.29 is 19.4 Å². The highest BCUT2D eigenvalue weighted by molar-refractivity contribution is 5.69. The van der Waals surface area contributed by atoms with Crippen molar-refractivity contribution >= 4 is 5.97 Å². The van der Waals surface area contributed by atoms with Crippen LogP contribution in [0.4, 0.5) is 0 Å². The molecule has 0 bridgehead atoms. The molecule has 0 unspecified atom stereocenters. The summed E-state index contributed by atoms with van der Waals surface area (Å²) in [5.74, 6) is -0.276. The monoisotopic (exact) mass is 203 g/mol. The molecular formula is C9H17NO4. The number of hydrogen-bond acceptors (Lipinski definition) is 5. The van der Waals surface area contributed by atoms with Crippen molar-refractivity contribution in [3.8, 4) is 0 Å². The molecule has 1 N–H and O–H groups in total. The zero-order valence-corrected chi connectivity index (χ0v) is 8.60. The number of carbonyl (C=O) groups excluding carboxylic acids is 1. The topological polar surface area (TPSA) is 59.0 Å². The number of esters is 1. The number of rotatable bonds is 3. The second kappa shape index (κ2) is 5.29. The van der Waals surface area contributed by atoms with Gasteiger partial charge >= 0.3 is 5.97 Å². The number of nitrogens with zero attached hydrogens (tertiary/aromatic N) is 1. The van der Waals surface area contributed by atoms with E-state index in [0.29, 0.717) is 13.1 Å². The first-order valence-corrected chi connectivity index (χ1v) is 4.67. The van der Waals surface area contributed by atoms with Crippen molar-refractivity contribution in [3.05, 3.63) is 0 Å². The zero-order valence-electron chi connectivity index (χ0n) is 8.60. The van der Waals surface area contributed by atoms with Crippen LogP contribution in [-0.2, 0) is 14.3 Å². The van der Waals surface area contributed by atoms with Crippen molar-refractivity contribution in [2.75, 3.05) is 33.9 Å². The van der Waals surface area contributed by atoms with Gasteiger partial charge in [-0.25, -0.2) is 0 Å². The maximum absolute atomic E-state index is 11.0. The molecule has 1 saturated heterocycles. The van der Waals surface area contributed by atoms with Gasteiger partial charge in [0.05, 0.1) is 32.3 Å². The predicted octanol–water partition coefficient (Wildman–Crippen LogP) is -0.759. The lowest BCUT2D eigenvalue weighted by atomic mass is 10.2. The number of aliphatic hydroxyl groups is 1. The van der Waals surface area contributed by atoms with Gasteiger partial charge in [0.2, 0.25) is 0 Å². The van der Waals surface area contributed by atoms with Crippen LogP contribution in [-0.4, -0.2) is 62.0 Å². The van der Waals surface area contributed by atoms with E-state index in [0.717, 1.165) is 0 Å².